The largest absolute Gasteiger partial charge is 0.439 e. The van der Waals surface area contributed by atoms with Gasteiger partial charge in [-0.25, -0.2) is 4.79 Å². The summed E-state index contributed by atoms with van der Waals surface area (Å²) in [6, 6.07) is 14.4. The number of carbonyl (C=O) groups is 1. The average Bonchev–Trinajstić information content (AvgIpc) is 3.24. The maximum Gasteiger partial charge on any atom is 0.439 e. The van der Waals surface area contributed by atoms with Crippen molar-refractivity contribution in [2.24, 2.45) is 0 Å². The van der Waals surface area contributed by atoms with Crippen LogP contribution >= 0.6 is 0 Å². The van der Waals surface area contributed by atoms with Gasteiger partial charge in [0.15, 0.2) is 5.82 Å². The molecule has 0 aliphatic rings. The minimum Gasteiger partial charge on any atom is -0.361 e. The summed E-state index contributed by atoms with van der Waals surface area (Å²) in [7, 11) is 0. The maximum absolute atomic E-state index is 12.5. The first-order chi connectivity index (χ1) is 11.7. The number of anilines is 1. The fourth-order valence-electron chi connectivity index (χ4n) is 2.54. The molecule has 0 aliphatic heterocycles. The highest BCUT2D eigenvalue weighted by Crippen LogP contribution is 2.20. The van der Waals surface area contributed by atoms with Gasteiger partial charge in [0.1, 0.15) is 0 Å². The third-order valence-corrected chi connectivity index (χ3v) is 3.69. The molecule has 0 bridgehead atoms. The van der Waals surface area contributed by atoms with Crippen molar-refractivity contribution in [3.05, 3.63) is 70.8 Å². The van der Waals surface area contributed by atoms with Gasteiger partial charge in [0.2, 0.25) is 0 Å². The molecule has 0 saturated carbocycles. The third-order valence-electron chi connectivity index (χ3n) is 3.69. The monoisotopic (exact) mass is 320 g/mol. The average molecular weight is 320 g/mol. The summed E-state index contributed by atoms with van der Waals surface area (Å²) in [6.07, 6.45) is 1.80. The van der Waals surface area contributed by atoms with Gasteiger partial charge < -0.3 is 10.3 Å². The Hall–Kier alpha value is -3.61. The van der Waals surface area contributed by atoms with Gasteiger partial charge in [0.05, 0.1) is 11.1 Å². The van der Waals surface area contributed by atoms with Crippen LogP contribution < -0.4 is 11.1 Å². The fraction of sp³-hybridized carbons (Fsp3) is 0. The highest BCUT2D eigenvalue weighted by atomic mass is 16.5. The molecule has 0 atom stereocenters. The molecule has 7 heteroatoms. The lowest BCUT2D eigenvalue weighted by atomic mass is 10.1. The Balaban J connectivity index is 1.58. The maximum atomic E-state index is 12.5. The molecule has 2 aromatic carbocycles. The zero-order chi connectivity index (χ0) is 16.5. The Morgan fingerprint density at radius 2 is 1.92 bits per heavy atom. The van der Waals surface area contributed by atoms with Gasteiger partial charge in [-0.3, -0.25) is 14.3 Å². The zero-order valence-electron chi connectivity index (χ0n) is 12.4. The van der Waals surface area contributed by atoms with Gasteiger partial charge in [0.25, 0.3) is 5.91 Å². The van der Waals surface area contributed by atoms with Crippen molar-refractivity contribution in [3.8, 4) is 11.4 Å². The molecule has 0 spiro atoms. The van der Waals surface area contributed by atoms with Crippen molar-refractivity contribution in [2.45, 2.75) is 0 Å². The molecular formula is C17H12N4O3. The number of aromatic nitrogens is 3. The summed E-state index contributed by atoms with van der Waals surface area (Å²) >= 11 is 0. The summed E-state index contributed by atoms with van der Waals surface area (Å²) in [4.78, 5) is 29.0. The van der Waals surface area contributed by atoms with Crippen LogP contribution in [-0.2, 0) is 0 Å². The first kappa shape index (κ1) is 14.0. The van der Waals surface area contributed by atoms with Crippen molar-refractivity contribution in [3.63, 3.8) is 0 Å². The standard InChI is InChI=1S/C17H12N4O3/c22-16(13-3-1-2-10-8-9-18-14(10)13)19-12-6-4-11(5-7-12)15-20-17(23)24-21-15/h1-9,18H,(H,19,22)(H,20,21,23). The highest BCUT2D eigenvalue weighted by molar-refractivity contribution is 6.12. The van der Waals surface area contributed by atoms with Gasteiger partial charge in [0, 0.05) is 22.8 Å². The van der Waals surface area contributed by atoms with Crippen molar-refractivity contribution in [1.82, 2.24) is 15.1 Å². The molecule has 24 heavy (non-hydrogen) atoms. The summed E-state index contributed by atoms with van der Waals surface area (Å²) in [6.45, 7) is 0. The van der Waals surface area contributed by atoms with Crippen LogP contribution in [0.15, 0.2) is 64.0 Å². The second-order valence-electron chi connectivity index (χ2n) is 5.22. The lowest BCUT2D eigenvalue weighted by Crippen LogP contribution is -2.12. The number of hydrogen-bond donors (Lipinski definition) is 3. The first-order valence-electron chi connectivity index (χ1n) is 7.24. The number of hydrogen-bond acceptors (Lipinski definition) is 4. The number of carbonyl (C=O) groups excluding carboxylic acids is 1. The number of benzene rings is 2. The fourth-order valence-corrected chi connectivity index (χ4v) is 2.54. The van der Waals surface area contributed by atoms with Crippen molar-refractivity contribution in [2.75, 3.05) is 5.32 Å². The van der Waals surface area contributed by atoms with Crippen LogP contribution in [0.3, 0.4) is 0 Å². The number of nitrogens with zero attached hydrogens (tertiary/aromatic N) is 1. The molecule has 1 amide bonds. The Labute approximate surface area is 135 Å². The first-order valence-corrected chi connectivity index (χ1v) is 7.24. The summed E-state index contributed by atoms with van der Waals surface area (Å²) in [5.41, 5.74) is 2.69. The molecule has 7 nitrogen and oxygen atoms in total. The molecule has 0 aliphatic carbocycles. The predicted molar refractivity (Wildman–Crippen MR) is 88.8 cm³/mol. The molecule has 4 aromatic rings. The molecule has 3 N–H and O–H groups in total. The highest BCUT2D eigenvalue weighted by Gasteiger charge is 2.11. The normalized spacial score (nSPS) is 10.8. The van der Waals surface area contributed by atoms with E-state index in [1.807, 2.05) is 18.2 Å². The third kappa shape index (κ3) is 2.48. The summed E-state index contributed by atoms with van der Waals surface area (Å²) in [5.74, 6) is -0.471. The van der Waals surface area contributed by atoms with Crippen LogP contribution in [0, 0.1) is 0 Å². The predicted octanol–water partition coefficient (Wildman–Crippen LogP) is 2.76. The van der Waals surface area contributed by atoms with E-state index in [2.05, 4.69) is 25.0 Å². The lowest BCUT2D eigenvalue weighted by molar-refractivity contribution is 0.102. The van der Waals surface area contributed by atoms with Crippen LogP contribution in [0.4, 0.5) is 5.69 Å². The molecule has 0 saturated heterocycles. The van der Waals surface area contributed by atoms with Gasteiger partial charge >= 0.3 is 5.76 Å². The number of nitrogens with one attached hydrogen (secondary N) is 3. The van der Waals surface area contributed by atoms with Crippen LogP contribution in [-0.4, -0.2) is 21.0 Å². The zero-order valence-corrected chi connectivity index (χ0v) is 12.4. The van der Waals surface area contributed by atoms with Crippen LogP contribution in [0.2, 0.25) is 0 Å². The summed E-state index contributed by atoms with van der Waals surface area (Å²) < 4.78 is 4.47. The number of rotatable bonds is 3. The van der Waals surface area contributed by atoms with E-state index in [-0.39, 0.29) is 5.91 Å². The molecule has 4 rings (SSSR count). The second-order valence-corrected chi connectivity index (χ2v) is 5.22. The SMILES string of the molecule is O=C(Nc1ccc(-c2noc(=O)[nH]2)cc1)c1cccc2cc[nH]c12. The van der Waals surface area contributed by atoms with E-state index in [1.165, 1.54) is 0 Å². The van der Waals surface area contributed by atoms with E-state index in [9.17, 15) is 9.59 Å². The smallest absolute Gasteiger partial charge is 0.361 e. The number of H-pyrrole nitrogens is 2. The van der Waals surface area contributed by atoms with Crippen molar-refractivity contribution >= 4 is 22.5 Å². The number of para-hydroxylation sites is 1. The van der Waals surface area contributed by atoms with Crippen LogP contribution in [0.1, 0.15) is 10.4 Å². The Bertz CT molecular complexity index is 1070. The van der Waals surface area contributed by atoms with Gasteiger partial charge in [-0.2, -0.15) is 0 Å². The second kappa shape index (κ2) is 5.54. The van der Waals surface area contributed by atoms with Crippen LogP contribution in [0.25, 0.3) is 22.3 Å². The molecule has 0 unspecified atom stereocenters. The van der Waals surface area contributed by atoms with Crippen molar-refractivity contribution in [1.29, 1.82) is 0 Å². The van der Waals surface area contributed by atoms with Gasteiger partial charge in [-0.15, -0.1) is 0 Å². The molecule has 0 fully saturated rings. The van der Waals surface area contributed by atoms with E-state index >= 15 is 0 Å². The molecule has 2 aromatic heterocycles. The molecule has 2 heterocycles. The van der Waals surface area contributed by atoms with E-state index in [0.29, 0.717) is 22.6 Å². The minimum absolute atomic E-state index is 0.203. The number of aromatic amines is 2. The Kier molecular flexibility index (Phi) is 3.24. The van der Waals surface area contributed by atoms with Crippen LogP contribution in [0.5, 0.6) is 0 Å². The van der Waals surface area contributed by atoms with E-state index in [1.54, 1.807) is 36.5 Å². The van der Waals surface area contributed by atoms with E-state index in [0.717, 1.165) is 10.9 Å². The number of fused-ring (bicyclic) bond motifs is 1. The van der Waals surface area contributed by atoms with Crippen molar-refractivity contribution < 1.29 is 9.32 Å². The van der Waals surface area contributed by atoms with E-state index < -0.39 is 5.76 Å². The molecular weight excluding hydrogens is 308 g/mol. The Morgan fingerprint density at radius 1 is 1.08 bits per heavy atom. The molecule has 0 radical (unpaired) electrons. The van der Waals surface area contributed by atoms with Gasteiger partial charge in [-0.05, 0) is 36.4 Å². The van der Waals surface area contributed by atoms with Gasteiger partial charge in [-0.1, -0.05) is 17.3 Å². The number of amides is 1. The minimum atomic E-state index is -0.610. The topological polar surface area (TPSA) is 104 Å². The molecule has 118 valence electrons. The van der Waals surface area contributed by atoms with E-state index in [4.69, 9.17) is 0 Å². The quantitative estimate of drug-likeness (QED) is 0.540. The Morgan fingerprint density at radius 3 is 2.67 bits per heavy atom. The summed E-state index contributed by atoms with van der Waals surface area (Å²) in [5, 5.41) is 7.45. The lowest BCUT2D eigenvalue weighted by Gasteiger charge is -2.07.